The monoisotopic (exact) mass is 730 g/mol. The van der Waals surface area contributed by atoms with Crippen LogP contribution in [-0.4, -0.2) is 62.9 Å². The van der Waals surface area contributed by atoms with Crippen LogP contribution in [0.4, 0.5) is 35.9 Å². The third kappa shape index (κ3) is 8.73. The molecule has 53 heavy (non-hydrogen) atoms. The van der Waals surface area contributed by atoms with Gasteiger partial charge in [0.15, 0.2) is 0 Å². The van der Waals surface area contributed by atoms with Gasteiger partial charge in [0.2, 0.25) is 5.56 Å². The van der Waals surface area contributed by atoms with Crippen LogP contribution in [0.15, 0.2) is 76.6 Å². The van der Waals surface area contributed by atoms with Crippen molar-refractivity contribution in [3.05, 3.63) is 116 Å². The van der Waals surface area contributed by atoms with E-state index in [2.05, 4.69) is 79.7 Å². The van der Waals surface area contributed by atoms with Crippen LogP contribution in [0.2, 0.25) is 0 Å². The van der Waals surface area contributed by atoms with E-state index in [1.165, 1.54) is 21.8 Å². The van der Waals surface area contributed by atoms with Crippen molar-refractivity contribution in [1.29, 1.82) is 0 Å². The SMILES string of the molecule is CC(C)N1CCc2ccc(N(c3cc(CC(C)N(c4ccc5c(c4)CN(CCC(F)(F)F)CC5)c4ccc(=O)n(C)c4)c(=O)n(C)c3)C(C)C)cc2C1. The van der Waals surface area contributed by atoms with Crippen molar-refractivity contribution in [3.63, 3.8) is 0 Å². The molecule has 284 valence electrons. The zero-order valence-electron chi connectivity index (χ0n) is 32.1. The first-order valence-corrected chi connectivity index (χ1v) is 18.8. The highest BCUT2D eigenvalue weighted by Crippen LogP contribution is 2.35. The summed E-state index contributed by atoms with van der Waals surface area (Å²) in [5.41, 5.74) is 8.96. The van der Waals surface area contributed by atoms with Crippen LogP contribution in [0.25, 0.3) is 0 Å². The fourth-order valence-corrected chi connectivity index (χ4v) is 7.96. The standard InChI is InChI=1S/C42H53F3N6O2/c1-28(2)49-18-15-32-8-10-36(23-35(32)25-49)50(29(3)4)39-21-33(41(53)47(7)27-39)20-30(5)51(38-12-13-40(52)46(6)26-38)37-11-9-31-14-17-48(24-34(31)22-37)19-16-42(43,44)45/h8-13,21-23,26-30H,14-20,24-25H2,1-7H3. The number of hydrogen-bond donors (Lipinski definition) is 0. The number of pyridine rings is 2. The molecule has 6 rings (SSSR count). The summed E-state index contributed by atoms with van der Waals surface area (Å²) in [5, 5.41) is 0. The van der Waals surface area contributed by atoms with Crippen molar-refractivity contribution < 1.29 is 13.2 Å². The Morgan fingerprint density at radius 1 is 0.698 bits per heavy atom. The van der Waals surface area contributed by atoms with E-state index in [9.17, 15) is 22.8 Å². The number of aryl methyl sites for hydroxylation is 2. The fourth-order valence-electron chi connectivity index (χ4n) is 7.96. The highest BCUT2D eigenvalue weighted by atomic mass is 19.4. The molecule has 0 saturated carbocycles. The summed E-state index contributed by atoms with van der Waals surface area (Å²) in [6.45, 7) is 13.8. The number of anilines is 4. The van der Waals surface area contributed by atoms with Gasteiger partial charge in [-0.1, -0.05) is 12.1 Å². The lowest BCUT2D eigenvalue weighted by Gasteiger charge is -2.35. The normalized spacial score (nSPS) is 15.8. The van der Waals surface area contributed by atoms with Gasteiger partial charge in [0.25, 0.3) is 5.56 Å². The predicted octanol–water partition coefficient (Wildman–Crippen LogP) is 7.48. The summed E-state index contributed by atoms with van der Waals surface area (Å²) in [7, 11) is 3.51. The van der Waals surface area contributed by atoms with E-state index in [1.54, 1.807) is 30.9 Å². The first-order chi connectivity index (χ1) is 25.1. The van der Waals surface area contributed by atoms with Crippen LogP contribution in [0.1, 0.15) is 68.9 Å². The number of alkyl halides is 3. The van der Waals surface area contributed by atoms with Crippen molar-refractivity contribution in [2.45, 2.75) is 97.7 Å². The molecule has 8 nitrogen and oxygen atoms in total. The van der Waals surface area contributed by atoms with Crippen LogP contribution >= 0.6 is 0 Å². The Labute approximate surface area is 311 Å². The van der Waals surface area contributed by atoms with E-state index in [1.807, 2.05) is 23.2 Å². The lowest BCUT2D eigenvalue weighted by atomic mass is 9.97. The molecule has 2 aliphatic heterocycles. The number of aromatic nitrogens is 2. The predicted molar refractivity (Wildman–Crippen MR) is 208 cm³/mol. The van der Waals surface area contributed by atoms with Crippen molar-refractivity contribution in [2.24, 2.45) is 14.1 Å². The molecule has 0 fully saturated rings. The molecule has 0 N–H and O–H groups in total. The Kier molecular flexibility index (Phi) is 11.3. The molecule has 2 aliphatic rings. The molecule has 0 radical (unpaired) electrons. The van der Waals surface area contributed by atoms with Gasteiger partial charge in [-0.05, 0) is 113 Å². The topological polar surface area (TPSA) is 57.0 Å². The molecular weight excluding hydrogens is 677 g/mol. The zero-order chi connectivity index (χ0) is 38.2. The molecule has 0 spiro atoms. The summed E-state index contributed by atoms with van der Waals surface area (Å²) < 4.78 is 42.4. The van der Waals surface area contributed by atoms with E-state index in [4.69, 9.17) is 0 Å². The number of fused-ring (bicyclic) bond motifs is 2. The first-order valence-electron chi connectivity index (χ1n) is 18.8. The summed E-state index contributed by atoms with van der Waals surface area (Å²) in [4.78, 5) is 35.0. The van der Waals surface area contributed by atoms with Crippen LogP contribution in [0.5, 0.6) is 0 Å². The van der Waals surface area contributed by atoms with E-state index < -0.39 is 12.6 Å². The minimum atomic E-state index is -4.20. The molecule has 0 aliphatic carbocycles. The van der Waals surface area contributed by atoms with Gasteiger partial charge in [0, 0.05) is 100 Å². The Balaban J connectivity index is 1.34. The average molecular weight is 731 g/mol. The lowest BCUT2D eigenvalue weighted by molar-refractivity contribution is -0.138. The van der Waals surface area contributed by atoms with Gasteiger partial charge in [0.05, 0.1) is 17.8 Å². The number of rotatable bonds is 11. The van der Waals surface area contributed by atoms with Gasteiger partial charge in [0.1, 0.15) is 0 Å². The minimum absolute atomic E-state index is 0.0387. The van der Waals surface area contributed by atoms with Gasteiger partial charge in [-0.2, -0.15) is 13.2 Å². The summed E-state index contributed by atoms with van der Waals surface area (Å²) in [6.07, 6.45) is 0.789. The maximum absolute atomic E-state index is 13.8. The van der Waals surface area contributed by atoms with Crippen LogP contribution in [0, 0.1) is 0 Å². The maximum Gasteiger partial charge on any atom is 0.390 e. The Morgan fingerprint density at radius 3 is 1.92 bits per heavy atom. The third-order valence-electron chi connectivity index (χ3n) is 10.9. The second kappa shape index (κ2) is 15.6. The Morgan fingerprint density at radius 2 is 1.30 bits per heavy atom. The molecule has 4 heterocycles. The Hall–Kier alpha value is -4.35. The fraction of sp³-hybridized carbons (Fsp3) is 0.476. The van der Waals surface area contributed by atoms with Crippen molar-refractivity contribution >= 4 is 22.7 Å². The van der Waals surface area contributed by atoms with Crippen LogP contribution in [-0.2, 0) is 46.4 Å². The highest BCUT2D eigenvalue weighted by Gasteiger charge is 2.30. The van der Waals surface area contributed by atoms with Crippen molar-refractivity contribution in [3.8, 4) is 0 Å². The maximum atomic E-state index is 13.8. The Bertz CT molecular complexity index is 2050. The molecule has 2 aromatic heterocycles. The van der Waals surface area contributed by atoms with Gasteiger partial charge >= 0.3 is 6.18 Å². The molecule has 0 saturated heterocycles. The molecule has 0 amide bonds. The number of hydrogen-bond acceptors (Lipinski definition) is 6. The lowest BCUT2D eigenvalue weighted by Crippen LogP contribution is -2.36. The molecule has 1 unspecified atom stereocenters. The van der Waals surface area contributed by atoms with E-state index in [0.717, 1.165) is 53.4 Å². The molecule has 2 aromatic carbocycles. The van der Waals surface area contributed by atoms with Crippen LogP contribution in [0.3, 0.4) is 0 Å². The quantitative estimate of drug-likeness (QED) is 0.160. The van der Waals surface area contributed by atoms with E-state index >= 15 is 0 Å². The second-order valence-corrected chi connectivity index (χ2v) is 15.5. The number of benzene rings is 2. The number of halogens is 3. The first kappa shape index (κ1) is 38.4. The van der Waals surface area contributed by atoms with Gasteiger partial charge < -0.3 is 18.9 Å². The largest absolute Gasteiger partial charge is 0.390 e. The van der Waals surface area contributed by atoms with Crippen molar-refractivity contribution in [2.75, 3.05) is 29.4 Å². The smallest absolute Gasteiger partial charge is 0.338 e. The van der Waals surface area contributed by atoms with Gasteiger partial charge in [-0.15, -0.1) is 0 Å². The van der Waals surface area contributed by atoms with Crippen LogP contribution < -0.4 is 20.9 Å². The zero-order valence-corrected chi connectivity index (χ0v) is 32.1. The van der Waals surface area contributed by atoms with E-state index in [-0.39, 0.29) is 29.7 Å². The molecule has 4 aromatic rings. The average Bonchev–Trinajstić information content (AvgIpc) is 3.10. The number of nitrogens with zero attached hydrogens (tertiary/aromatic N) is 6. The van der Waals surface area contributed by atoms with Crippen molar-refractivity contribution in [1.82, 2.24) is 18.9 Å². The molecule has 11 heteroatoms. The highest BCUT2D eigenvalue weighted by molar-refractivity contribution is 5.67. The second-order valence-electron chi connectivity index (χ2n) is 15.5. The minimum Gasteiger partial charge on any atom is -0.338 e. The van der Waals surface area contributed by atoms with E-state index in [0.29, 0.717) is 37.5 Å². The summed E-state index contributed by atoms with van der Waals surface area (Å²) >= 11 is 0. The molecular formula is C42H53F3N6O2. The molecule has 0 bridgehead atoms. The summed E-state index contributed by atoms with van der Waals surface area (Å²) in [6, 6.07) is 18.6. The summed E-state index contributed by atoms with van der Waals surface area (Å²) in [5.74, 6) is 0. The third-order valence-corrected chi connectivity index (χ3v) is 10.9. The molecule has 1 atom stereocenters. The van der Waals surface area contributed by atoms with Gasteiger partial charge in [-0.3, -0.25) is 19.4 Å². The van der Waals surface area contributed by atoms with Gasteiger partial charge in [-0.25, -0.2) is 0 Å².